The molecule has 152 valence electrons. The van der Waals surface area contributed by atoms with E-state index in [0.29, 0.717) is 29.1 Å². The molecule has 0 aliphatic carbocycles. The van der Waals surface area contributed by atoms with Crippen molar-refractivity contribution in [3.8, 4) is 0 Å². The lowest BCUT2D eigenvalue weighted by atomic mass is 10.1. The molecule has 0 saturated carbocycles. The number of carbonyl (C=O) groups is 1. The Hall–Kier alpha value is -3.75. The predicted molar refractivity (Wildman–Crippen MR) is 110 cm³/mol. The Kier molecular flexibility index (Phi) is 4.05. The minimum absolute atomic E-state index is 0.0312. The van der Waals surface area contributed by atoms with E-state index >= 15 is 0 Å². The number of nitrogens with zero attached hydrogens (tertiary/aromatic N) is 5. The average molecular weight is 404 g/mol. The largest absolute Gasteiger partial charge is 0.330 e. The van der Waals surface area contributed by atoms with E-state index in [0.717, 1.165) is 18.5 Å². The van der Waals surface area contributed by atoms with Crippen molar-refractivity contribution in [3.63, 3.8) is 0 Å². The molecule has 9 nitrogen and oxygen atoms in total. The average Bonchev–Trinajstić information content (AvgIpc) is 3.39. The third kappa shape index (κ3) is 2.66. The quantitative estimate of drug-likeness (QED) is 0.547. The molecule has 1 amide bonds. The molecule has 5 heterocycles. The molecule has 0 aromatic carbocycles. The monoisotopic (exact) mass is 404 g/mol. The van der Waals surface area contributed by atoms with Gasteiger partial charge in [0.25, 0.3) is 17.0 Å². The van der Waals surface area contributed by atoms with Crippen molar-refractivity contribution in [2.45, 2.75) is 32.7 Å². The lowest BCUT2D eigenvalue weighted by Crippen LogP contribution is -2.35. The summed E-state index contributed by atoms with van der Waals surface area (Å²) < 4.78 is 2.78. The second-order valence-corrected chi connectivity index (χ2v) is 7.59. The molecular formula is C21H20N6O3. The van der Waals surface area contributed by atoms with Gasteiger partial charge >= 0.3 is 0 Å². The van der Waals surface area contributed by atoms with E-state index in [-0.39, 0.29) is 23.1 Å². The van der Waals surface area contributed by atoms with Crippen molar-refractivity contribution in [1.82, 2.24) is 28.9 Å². The molecule has 1 fully saturated rings. The number of nitrogens with one attached hydrogen (secondary N) is 1. The van der Waals surface area contributed by atoms with E-state index in [1.807, 2.05) is 0 Å². The second kappa shape index (κ2) is 6.65. The maximum atomic E-state index is 13.3. The van der Waals surface area contributed by atoms with E-state index in [1.165, 1.54) is 15.1 Å². The van der Waals surface area contributed by atoms with Crippen LogP contribution in [0.1, 0.15) is 46.2 Å². The van der Waals surface area contributed by atoms with Crippen LogP contribution in [0.2, 0.25) is 0 Å². The van der Waals surface area contributed by atoms with Crippen LogP contribution in [0.15, 0.2) is 46.2 Å². The molecule has 4 aromatic heterocycles. The highest BCUT2D eigenvalue weighted by Gasteiger charge is 2.33. The molecule has 0 bridgehead atoms. The molecular weight excluding hydrogens is 384 g/mol. The van der Waals surface area contributed by atoms with Crippen molar-refractivity contribution in [3.05, 3.63) is 79.9 Å². The standard InChI is InChI=1S/C21H20N6O3/c1-12-13(2)23-18-10-15(24-27(18)19(12)28)16-6-5-9-25(16)20(29)14-11-22-17-7-3-4-8-26(17)21(14)30/h3-4,7-8,10-11,16,24H,5-6,9H2,1-2H3. The number of H-pyrrole nitrogens is 1. The minimum Gasteiger partial charge on any atom is -0.330 e. The van der Waals surface area contributed by atoms with Gasteiger partial charge in [-0.3, -0.25) is 23.9 Å². The van der Waals surface area contributed by atoms with Gasteiger partial charge < -0.3 is 4.90 Å². The SMILES string of the molecule is Cc1nc2cc(C3CCCN3C(=O)c3cnc4ccccn4c3=O)[nH]n2c(=O)c1C. The maximum absolute atomic E-state index is 13.3. The molecule has 1 N–H and O–H groups in total. The first-order chi connectivity index (χ1) is 14.5. The van der Waals surface area contributed by atoms with Gasteiger partial charge in [-0.05, 0) is 38.8 Å². The van der Waals surface area contributed by atoms with Gasteiger partial charge in [0, 0.05) is 36.3 Å². The van der Waals surface area contributed by atoms with E-state index in [1.54, 1.807) is 49.2 Å². The van der Waals surface area contributed by atoms with Crippen LogP contribution in [0.5, 0.6) is 0 Å². The van der Waals surface area contributed by atoms with E-state index in [9.17, 15) is 14.4 Å². The summed E-state index contributed by atoms with van der Waals surface area (Å²) in [6.07, 6.45) is 4.48. The number of pyridine rings is 1. The van der Waals surface area contributed by atoms with Crippen LogP contribution in [0, 0.1) is 13.8 Å². The molecule has 1 aliphatic heterocycles. The Labute approximate surface area is 170 Å². The zero-order chi connectivity index (χ0) is 21.0. The van der Waals surface area contributed by atoms with Gasteiger partial charge in [0.1, 0.15) is 11.2 Å². The van der Waals surface area contributed by atoms with Crippen molar-refractivity contribution in [1.29, 1.82) is 0 Å². The maximum Gasteiger partial charge on any atom is 0.275 e. The zero-order valence-corrected chi connectivity index (χ0v) is 16.6. The normalized spacial score (nSPS) is 16.6. The first kappa shape index (κ1) is 18.3. The Morgan fingerprint density at radius 2 is 2.00 bits per heavy atom. The Balaban J connectivity index is 1.56. The molecule has 4 aromatic rings. The summed E-state index contributed by atoms with van der Waals surface area (Å²) in [7, 11) is 0. The first-order valence-corrected chi connectivity index (χ1v) is 9.82. The summed E-state index contributed by atoms with van der Waals surface area (Å²) in [5, 5.41) is 3.10. The summed E-state index contributed by atoms with van der Waals surface area (Å²) in [6.45, 7) is 4.06. The van der Waals surface area contributed by atoms with Crippen molar-refractivity contribution in [2.75, 3.05) is 6.54 Å². The number of rotatable bonds is 2. The van der Waals surface area contributed by atoms with Crippen molar-refractivity contribution in [2.24, 2.45) is 0 Å². The molecule has 1 aliphatic rings. The Morgan fingerprint density at radius 3 is 2.83 bits per heavy atom. The third-order valence-corrected chi connectivity index (χ3v) is 5.82. The Bertz CT molecular complexity index is 1430. The number of fused-ring (bicyclic) bond motifs is 2. The fourth-order valence-electron chi connectivity index (χ4n) is 4.07. The lowest BCUT2D eigenvalue weighted by molar-refractivity contribution is 0.0730. The number of carbonyl (C=O) groups excluding carboxylic acids is 1. The summed E-state index contributed by atoms with van der Waals surface area (Å²) in [5.74, 6) is -0.362. The van der Waals surface area contributed by atoms with Gasteiger partial charge in [-0.1, -0.05) is 6.07 Å². The van der Waals surface area contributed by atoms with Crippen LogP contribution >= 0.6 is 0 Å². The van der Waals surface area contributed by atoms with Gasteiger partial charge in [-0.15, -0.1) is 0 Å². The molecule has 1 atom stereocenters. The molecule has 1 unspecified atom stereocenters. The smallest absolute Gasteiger partial charge is 0.275 e. The fraction of sp³-hybridized carbons (Fsp3) is 0.286. The molecule has 9 heteroatoms. The number of amides is 1. The number of aromatic nitrogens is 5. The number of aryl methyl sites for hydroxylation is 1. The van der Waals surface area contributed by atoms with Gasteiger partial charge in [0.15, 0.2) is 5.65 Å². The minimum atomic E-state index is -0.392. The molecule has 1 saturated heterocycles. The van der Waals surface area contributed by atoms with Crippen LogP contribution in [-0.2, 0) is 0 Å². The highest BCUT2D eigenvalue weighted by molar-refractivity contribution is 5.94. The van der Waals surface area contributed by atoms with Gasteiger partial charge in [0.2, 0.25) is 0 Å². The fourth-order valence-corrected chi connectivity index (χ4v) is 4.07. The van der Waals surface area contributed by atoms with E-state index in [4.69, 9.17) is 0 Å². The van der Waals surface area contributed by atoms with Crippen molar-refractivity contribution >= 4 is 17.2 Å². The van der Waals surface area contributed by atoms with Crippen LogP contribution in [0.4, 0.5) is 0 Å². The van der Waals surface area contributed by atoms with Gasteiger partial charge in [-0.2, -0.15) is 0 Å². The summed E-state index contributed by atoms with van der Waals surface area (Å²) in [4.78, 5) is 49.0. The van der Waals surface area contributed by atoms with Crippen LogP contribution in [0.25, 0.3) is 11.3 Å². The van der Waals surface area contributed by atoms with Crippen molar-refractivity contribution < 1.29 is 4.79 Å². The summed E-state index contributed by atoms with van der Waals surface area (Å²) in [6, 6.07) is 6.76. The third-order valence-electron chi connectivity index (χ3n) is 5.82. The number of likely N-dealkylation sites (tertiary alicyclic amines) is 1. The highest BCUT2D eigenvalue weighted by Crippen LogP contribution is 2.32. The molecule has 0 radical (unpaired) electrons. The number of hydrogen-bond acceptors (Lipinski definition) is 5. The summed E-state index contributed by atoms with van der Waals surface area (Å²) in [5.41, 5.74) is 2.48. The topological polar surface area (TPSA) is 105 Å². The number of hydrogen-bond donors (Lipinski definition) is 1. The highest BCUT2D eigenvalue weighted by atomic mass is 16.2. The van der Waals surface area contributed by atoms with Crippen LogP contribution < -0.4 is 11.1 Å². The zero-order valence-electron chi connectivity index (χ0n) is 16.6. The predicted octanol–water partition coefficient (Wildman–Crippen LogP) is 1.62. The van der Waals surface area contributed by atoms with Gasteiger partial charge in [0.05, 0.1) is 11.7 Å². The lowest BCUT2D eigenvalue weighted by Gasteiger charge is -2.23. The van der Waals surface area contributed by atoms with Crippen LogP contribution in [-0.4, -0.2) is 41.3 Å². The van der Waals surface area contributed by atoms with Gasteiger partial charge in [-0.25, -0.2) is 14.5 Å². The molecule has 5 rings (SSSR count). The van der Waals surface area contributed by atoms with E-state index in [2.05, 4.69) is 15.1 Å². The first-order valence-electron chi connectivity index (χ1n) is 9.82. The van der Waals surface area contributed by atoms with Crippen LogP contribution in [0.3, 0.4) is 0 Å². The molecule has 0 spiro atoms. The van der Waals surface area contributed by atoms with E-state index < -0.39 is 5.56 Å². The second-order valence-electron chi connectivity index (χ2n) is 7.59. The Morgan fingerprint density at radius 1 is 1.17 bits per heavy atom. The summed E-state index contributed by atoms with van der Waals surface area (Å²) >= 11 is 0. The number of aromatic amines is 1. The molecule has 30 heavy (non-hydrogen) atoms.